The summed E-state index contributed by atoms with van der Waals surface area (Å²) in [6, 6.07) is 17.6. The zero-order valence-corrected chi connectivity index (χ0v) is 19.5. The lowest BCUT2D eigenvalue weighted by atomic mass is 9.94. The molecule has 2 amide bonds. The molecular weight excluding hydrogens is 466 g/mol. The maximum atomic E-state index is 14.1. The summed E-state index contributed by atoms with van der Waals surface area (Å²) in [5, 5.41) is 7.00. The molecule has 0 saturated carbocycles. The van der Waals surface area contributed by atoms with Crippen molar-refractivity contribution in [1.29, 1.82) is 0 Å². The normalized spacial score (nSPS) is 15.7. The number of nitrogens with one attached hydrogen (secondary N) is 1. The number of allylic oxidation sites excluding steroid dienone is 1. The number of hydrogen-bond acceptors (Lipinski definition) is 5. The van der Waals surface area contributed by atoms with Crippen molar-refractivity contribution in [2.75, 3.05) is 11.5 Å². The van der Waals surface area contributed by atoms with Crippen LogP contribution in [0.25, 0.3) is 17.0 Å². The van der Waals surface area contributed by atoms with Crippen molar-refractivity contribution in [3.05, 3.63) is 102 Å². The minimum atomic E-state index is -0.772. The number of carbonyl (C=O) groups is 1. The highest BCUT2D eigenvalue weighted by molar-refractivity contribution is 6.01. The fourth-order valence-electron chi connectivity index (χ4n) is 4.20. The molecule has 5 rings (SSSR count). The van der Waals surface area contributed by atoms with Crippen molar-refractivity contribution >= 4 is 17.3 Å². The molecule has 0 saturated heterocycles. The van der Waals surface area contributed by atoms with E-state index in [2.05, 4.69) is 15.5 Å². The predicted octanol–water partition coefficient (Wildman–Crippen LogP) is 6.12. The van der Waals surface area contributed by atoms with Gasteiger partial charge in [0.15, 0.2) is 0 Å². The van der Waals surface area contributed by atoms with Gasteiger partial charge in [0.1, 0.15) is 17.4 Å². The molecule has 1 unspecified atom stereocenters. The van der Waals surface area contributed by atoms with Gasteiger partial charge in [0.25, 0.3) is 5.89 Å². The lowest BCUT2D eigenvalue weighted by Gasteiger charge is -2.35. The number of halogens is 2. The van der Waals surface area contributed by atoms with Gasteiger partial charge in [-0.3, -0.25) is 4.90 Å². The van der Waals surface area contributed by atoms with Crippen LogP contribution in [0.4, 0.5) is 19.3 Å². The Hall–Kier alpha value is -4.53. The molecule has 2 heterocycles. The highest BCUT2D eigenvalue weighted by Crippen LogP contribution is 2.39. The zero-order valence-electron chi connectivity index (χ0n) is 19.5. The fraction of sp³-hybridized carbons (Fsp3) is 0.148. The number of benzene rings is 3. The Labute approximate surface area is 206 Å². The van der Waals surface area contributed by atoms with Crippen LogP contribution in [0.2, 0.25) is 0 Å². The molecule has 0 fully saturated rings. The van der Waals surface area contributed by atoms with Gasteiger partial charge in [-0.1, -0.05) is 23.4 Å². The largest absolute Gasteiger partial charge is 0.494 e. The molecule has 0 spiro atoms. The summed E-state index contributed by atoms with van der Waals surface area (Å²) < 4.78 is 39.2. The standard InChI is InChI=1S/C27H22F2N4O3/c1-3-35-22-12-10-17(11-13-22)25-31-26(36-32-25)23-16(2)33(21-9-5-8-20(29)15-21)27(34)30-24(23)18-6-4-7-19(28)14-18/h4-15,24H,3H2,1-2H3,(H,30,34). The van der Waals surface area contributed by atoms with Crippen molar-refractivity contribution in [3.63, 3.8) is 0 Å². The van der Waals surface area contributed by atoms with Crippen LogP contribution in [0.5, 0.6) is 5.75 Å². The van der Waals surface area contributed by atoms with Gasteiger partial charge in [0.2, 0.25) is 5.82 Å². The first-order valence-electron chi connectivity index (χ1n) is 11.3. The van der Waals surface area contributed by atoms with E-state index in [0.29, 0.717) is 40.5 Å². The molecular formula is C27H22F2N4O3. The highest BCUT2D eigenvalue weighted by atomic mass is 19.1. The first-order chi connectivity index (χ1) is 17.4. The Morgan fingerprint density at radius 1 is 1.03 bits per heavy atom. The third-order valence-corrected chi connectivity index (χ3v) is 5.81. The number of amides is 2. The van der Waals surface area contributed by atoms with E-state index in [9.17, 15) is 13.6 Å². The lowest BCUT2D eigenvalue weighted by Crippen LogP contribution is -2.46. The molecule has 4 aromatic rings. The van der Waals surface area contributed by atoms with Crippen LogP contribution in [0.1, 0.15) is 31.3 Å². The van der Waals surface area contributed by atoms with E-state index in [1.54, 1.807) is 37.3 Å². The first-order valence-corrected chi connectivity index (χ1v) is 11.3. The summed E-state index contributed by atoms with van der Waals surface area (Å²) >= 11 is 0. The summed E-state index contributed by atoms with van der Waals surface area (Å²) in [5.74, 6) is 0.257. The van der Waals surface area contributed by atoms with Crippen molar-refractivity contribution in [2.45, 2.75) is 19.9 Å². The molecule has 1 N–H and O–H groups in total. The zero-order chi connectivity index (χ0) is 25.2. The Bertz CT molecular complexity index is 1450. The fourth-order valence-corrected chi connectivity index (χ4v) is 4.20. The van der Waals surface area contributed by atoms with Gasteiger partial charge in [-0.25, -0.2) is 13.6 Å². The van der Waals surface area contributed by atoms with E-state index in [1.165, 1.54) is 35.2 Å². The minimum Gasteiger partial charge on any atom is -0.494 e. The number of aromatic nitrogens is 2. The number of carbonyl (C=O) groups excluding carboxylic acids is 1. The number of urea groups is 1. The van der Waals surface area contributed by atoms with Crippen LogP contribution in [0.15, 0.2) is 83.0 Å². The van der Waals surface area contributed by atoms with Crippen LogP contribution in [0.3, 0.4) is 0 Å². The number of ether oxygens (including phenoxy) is 1. The van der Waals surface area contributed by atoms with Crippen LogP contribution < -0.4 is 15.0 Å². The van der Waals surface area contributed by atoms with Crippen LogP contribution in [-0.2, 0) is 0 Å². The van der Waals surface area contributed by atoms with Gasteiger partial charge in [-0.15, -0.1) is 0 Å². The molecule has 36 heavy (non-hydrogen) atoms. The van der Waals surface area contributed by atoms with E-state index in [4.69, 9.17) is 9.26 Å². The van der Waals surface area contributed by atoms with E-state index >= 15 is 0 Å². The number of rotatable bonds is 6. The first kappa shape index (κ1) is 23.2. The van der Waals surface area contributed by atoms with Gasteiger partial charge >= 0.3 is 6.03 Å². The molecule has 0 radical (unpaired) electrons. The van der Waals surface area contributed by atoms with Gasteiger partial charge in [0.05, 0.1) is 23.9 Å². The Kier molecular flexibility index (Phi) is 6.20. The van der Waals surface area contributed by atoms with Gasteiger partial charge in [-0.05, 0) is 74.0 Å². The molecule has 3 aromatic carbocycles. The summed E-state index contributed by atoms with van der Waals surface area (Å²) in [6.07, 6.45) is 0. The summed E-state index contributed by atoms with van der Waals surface area (Å²) in [4.78, 5) is 19.1. The SMILES string of the molecule is CCOc1ccc(-c2noc(C3=C(C)N(c4cccc(F)c4)C(=O)NC3c3cccc(F)c3)n2)cc1. The Morgan fingerprint density at radius 3 is 2.44 bits per heavy atom. The monoisotopic (exact) mass is 488 g/mol. The molecule has 7 nitrogen and oxygen atoms in total. The lowest BCUT2D eigenvalue weighted by molar-refractivity contribution is 0.244. The van der Waals surface area contributed by atoms with Crippen LogP contribution >= 0.6 is 0 Å². The second-order valence-corrected chi connectivity index (χ2v) is 8.13. The predicted molar refractivity (Wildman–Crippen MR) is 130 cm³/mol. The third kappa shape index (κ3) is 4.43. The second-order valence-electron chi connectivity index (χ2n) is 8.13. The second kappa shape index (κ2) is 9.61. The molecule has 1 aromatic heterocycles. The highest BCUT2D eigenvalue weighted by Gasteiger charge is 2.36. The molecule has 182 valence electrons. The average molecular weight is 488 g/mol. The maximum Gasteiger partial charge on any atom is 0.327 e. The Morgan fingerprint density at radius 2 is 1.75 bits per heavy atom. The van der Waals surface area contributed by atoms with Crippen molar-refractivity contribution in [2.24, 2.45) is 0 Å². The molecule has 1 aliphatic rings. The van der Waals surface area contributed by atoms with E-state index in [0.717, 1.165) is 5.75 Å². The minimum absolute atomic E-state index is 0.145. The van der Waals surface area contributed by atoms with Crippen molar-refractivity contribution in [3.8, 4) is 17.1 Å². The Balaban J connectivity index is 1.61. The molecule has 0 bridgehead atoms. The van der Waals surface area contributed by atoms with Crippen molar-refractivity contribution < 1.29 is 22.8 Å². The van der Waals surface area contributed by atoms with Crippen LogP contribution in [0, 0.1) is 11.6 Å². The van der Waals surface area contributed by atoms with Gasteiger partial charge in [0, 0.05) is 11.3 Å². The molecule has 1 atom stereocenters. The summed E-state index contributed by atoms with van der Waals surface area (Å²) in [7, 11) is 0. The number of hydrogen-bond donors (Lipinski definition) is 1. The van der Waals surface area contributed by atoms with Gasteiger partial charge < -0.3 is 14.6 Å². The molecule has 0 aliphatic carbocycles. The summed E-state index contributed by atoms with van der Waals surface area (Å²) in [6.45, 7) is 4.15. The van der Waals surface area contributed by atoms with E-state index in [-0.39, 0.29) is 5.89 Å². The number of anilines is 1. The van der Waals surface area contributed by atoms with Gasteiger partial charge in [-0.2, -0.15) is 4.98 Å². The average Bonchev–Trinajstić information content (AvgIpc) is 3.34. The quantitative estimate of drug-likeness (QED) is 0.354. The third-order valence-electron chi connectivity index (χ3n) is 5.81. The summed E-state index contributed by atoms with van der Waals surface area (Å²) in [5.41, 5.74) is 2.44. The smallest absolute Gasteiger partial charge is 0.327 e. The molecule has 9 heteroatoms. The van der Waals surface area contributed by atoms with Crippen molar-refractivity contribution in [1.82, 2.24) is 15.5 Å². The topological polar surface area (TPSA) is 80.5 Å². The molecule has 1 aliphatic heterocycles. The van der Waals surface area contributed by atoms with E-state index < -0.39 is 23.7 Å². The maximum absolute atomic E-state index is 14.1. The number of nitrogens with zero attached hydrogens (tertiary/aromatic N) is 3. The van der Waals surface area contributed by atoms with Crippen LogP contribution in [-0.4, -0.2) is 22.8 Å². The van der Waals surface area contributed by atoms with E-state index in [1.807, 2.05) is 19.1 Å².